The Balaban J connectivity index is 1.29. The number of nitrogens with one attached hydrogen (secondary N) is 1. The number of ether oxygens (including phenoxy) is 1. The molecule has 2 heterocycles. The van der Waals surface area contributed by atoms with Crippen LogP contribution in [0.15, 0.2) is 43.0 Å². The molecular weight excluding hydrogens is 426 g/mol. The molecule has 2 fully saturated rings. The predicted octanol–water partition coefficient (Wildman–Crippen LogP) is 4.54. The minimum atomic E-state index is 0.0498. The van der Waals surface area contributed by atoms with Crippen molar-refractivity contribution in [2.75, 3.05) is 32.8 Å². The van der Waals surface area contributed by atoms with Gasteiger partial charge in [0.2, 0.25) is 0 Å². The van der Waals surface area contributed by atoms with Crippen molar-refractivity contribution in [3.8, 4) is 5.75 Å². The predicted molar refractivity (Wildman–Crippen MR) is 135 cm³/mol. The highest BCUT2D eigenvalue weighted by Gasteiger charge is 2.25. The van der Waals surface area contributed by atoms with Crippen LogP contribution in [-0.2, 0) is 13.1 Å². The number of hydrogen-bond donors (Lipinski definition) is 1. The Morgan fingerprint density at radius 1 is 1.15 bits per heavy atom. The maximum atomic E-state index is 13.3. The summed E-state index contributed by atoms with van der Waals surface area (Å²) >= 11 is 0. The van der Waals surface area contributed by atoms with Gasteiger partial charge in [-0.05, 0) is 62.6 Å². The third-order valence-corrected chi connectivity index (χ3v) is 7.20. The van der Waals surface area contributed by atoms with Gasteiger partial charge in [-0.25, -0.2) is 9.78 Å². The maximum Gasteiger partial charge on any atom is 0.317 e. The minimum absolute atomic E-state index is 0.0498. The lowest BCUT2D eigenvalue weighted by atomic mass is 10.0. The Morgan fingerprint density at radius 2 is 1.91 bits per heavy atom. The molecule has 0 spiro atoms. The highest BCUT2D eigenvalue weighted by atomic mass is 16.5. The number of aromatic nitrogens is 2. The SMILES string of the molecule is CCOc1ccc(CN(CCCn2ccnc2)C(=O)NC2CCN(CC3CCCC3)CC2)cc1. The first-order valence-corrected chi connectivity index (χ1v) is 13.1. The van der Waals surface area contributed by atoms with Crippen LogP contribution in [0.4, 0.5) is 4.79 Å². The van der Waals surface area contributed by atoms with Gasteiger partial charge in [-0.3, -0.25) is 0 Å². The second kappa shape index (κ2) is 12.8. The molecule has 186 valence electrons. The number of nitrogens with zero attached hydrogens (tertiary/aromatic N) is 4. The van der Waals surface area contributed by atoms with Crippen LogP contribution in [0.2, 0.25) is 0 Å². The van der Waals surface area contributed by atoms with Crippen LogP contribution in [0, 0.1) is 5.92 Å². The fourth-order valence-electron chi connectivity index (χ4n) is 5.28. The van der Waals surface area contributed by atoms with E-state index in [0.29, 0.717) is 19.7 Å². The number of piperidine rings is 1. The average molecular weight is 468 g/mol. The van der Waals surface area contributed by atoms with E-state index in [4.69, 9.17) is 4.74 Å². The van der Waals surface area contributed by atoms with Gasteiger partial charge in [0.15, 0.2) is 0 Å². The van der Waals surface area contributed by atoms with Crippen LogP contribution in [0.5, 0.6) is 5.75 Å². The zero-order valence-electron chi connectivity index (χ0n) is 20.7. The molecule has 1 saturated heterocycles. The van der Waals surface area contributed by atoms with E-state index in [1.54, 1.807) is 6.20 Å². The molecule has 1 aromatic heterocycles. The molecule has 0 bridgehead atoms. The van der Waals surface area contributed by atoms with E-state index in [1.165, 1.54) is 32.2 Å². The molecule has 1 aromatic carbocycles. The third-order valence-electron chi connectivity index (χ3n) is 7.20. The van der Waals surface area contributed by atoms with E-state index in [0.717, 1.165) is 56.1 Å². The first-order chi connectivity index (χ1) is 16.7. The molecule has 7 nitrogen and oxygen atoms in total. The van der Waals surface area contributed by atoms with Gasteiger partial charge in [0.05, 0.1) is 12.9 Å². The summed E-state index contributed by atoms with van der Waals surface area (Å²) in [5.41, 5.74) is 1.12. The lowest BCUT2D eigenvalue weighted by Gasteiger charge is -2.35. The second-order valence-corrected chi connectivity index (χ2v) is 9.83. The first kappa shape index (κ1) is 24.6. The molecule has 2 aliphatic rings. The maximum absolute atomic E-state index is 13.3. The van der Waals surface area contributed by atoms with Gasteiger partial charge in [-0.2, -0.15) is 0 Å². The molecule has 2 aromatic rings. The zero-order chi connectivity index (χ0) is 23.6. The largest absolute Gasteiger partial charge is 0.494 e. The third kappa shape index (κ3) is 7.49. The van der Waals surface area contributed by atoms with Gasteiger partial charge in [-0.15, -0.1) is 0 Å². The van der Waals surface area contributed by atoms with Gasteiger partial charge >= 0.3 is 6.03 Å². The van der Waals surface area contributed by atoms with Crippen LogP contribution in [0.1, 0.15) is 57.4 Å². The molecule has 7 heteroatoms. The van der Waals surface area contributed by atoms with Crippen molar-refractivity contribution < 1.29 is 9.53 Å². The summed E-state index contributed by atoms with van der Waals surface area (Å²) in [6, 6.07) is 8.41. The molecule has 0 unspecified atom stereocenters. The van der Waals surface area contributed by atoms with Crippen molar-refractivity contribution in [2.45, 2.75) is 71.0 Å². The summed E-state index contributed by atoms with van der Waals surface area (Å²) in [4.78, 5) is 22.0. The first-order valence-electron chi connectivity index (χ1n) is 13.1. The van der Waals surface area contributed by atoms with E-state index < -0.39 is 0 Å². The highest BCUT2D eigenvalue weighted by Crippen LogP contribution is 2.26. The summed E-state index contributed by atoms with van der Waals surface area (Å²) in [5.74, 6) is 1.76. The number of carbonyl (C=O) groups is 1. The van der Waals surface area contributed by atoms with Gasteiger partial charge in [0.25, 0.3) is 0 Å². The number of imidazole rings is 1. The second-order valence-electron chi connectivity index (χ2n) is 9.83. The molecule has 34 heavy (non-hydrogen) atoms. The monoisotopic (exact) mass is 467 g/mol. The standard InChI is InChI=1S/C27H41N5O2/c1-2-34-26-10-8-24(9-11-26)21-32(16-5-15-31-19-14-28-22-31)27(33)29-25-12-17-30(18-13-25)20-23-6-3-4-7-23/h8-11,14,19,22-23,25H,2-7,12-13,15-18,20-21H2,1H3,(H,29,33). The zero-order valence-corrected chi connectivity index (χ0v) is 20.7. The Morgan fingerprint density at radius 3 is 2.59 bits per heavy atom. The molecule has 2 amide bonds. The number of urea groups is 1. The van der Waals surface area contributed by atoms with Crippen LogP contribution < -0.4 is 10.1 Å². The number of rotatable bonds is 11. The van der Waals surface area contributed by atoms with E-state index in [2.05, 4.69) is 31.9 Å². The van der Waals surface area contributed by atoms with Crippen LogP contribution >= 0.6 is 0 Å². The van der Waals surface area contributed by atoms with E-state index in [9.17, 15) is 4.79 Å². The number of amides is 2. The number of hydrogen-bond acceptors (Lipinski definition) is 4. The molecule has 1 saturated carbocycles. The summed E-state index contributed by atoms with van der Waals surface area (Å²) in [7, 11) is 0. The molecule has 0 atom stereocenters. The van der Waals surface area contributed by atoms with E-state index in [1.807, 2.05) is 36.5 Å². The van der Waals surface area contributed by atoms with Crippen molar-refractivity contribution >= 4 is 6.03 Å². The van der Waals surface area contributed by atoms with Crippen molar-refractivity contribution in [3.63, 3.8) is 0 Å². The van der Waals surface area contributed by atoms with Gasteiger partial charge in [0.1, 0.15) is 5.75 Å². The van der Waals surface area contributed by atoms with Crippen LogP contribution in [0.3, 0.4) is 0 Å². The Bertz CT molecular complexity index is 840. The van der Waals surface area contributed by atoms with E-state index in [-0.39, 0.29) is 12.1 Å². The smallest absolute Gasteiger partial charge is 0.317 e. The van der Waals surface area contributed by atoms with Gasteiger partial charge in [0, 0.05) is 57.7 Å². The highest BCUT2D eigenvalue weighted by molar-refractivity contribution is 5.74. The fourth-order valence-corrected chi connectivity index (χ4v) is 5.28. The van der Waals surface area contributed by atoms with Gasteiger partial charge in [-0.1, -0.05) is 25.0 Å². The summed E-state index contributed by atoms with van der Waals surface area (Å²) in [5, 5.41) is 3.35. The number of aryl methyl sites for hydroxylation is 1. The summed E-state index contributed by atoms with van der Waals surface area (Å²) in [6.45, 7) is 8.24. The quantitative estimate of drug-likeness (QED) is 0.527. The summed E-state index contributed by atoms with van der Waals surface area (Å²) < 4.78 is 7.63. The molecule has 1 aliphatic heterocycles. The summed E-state index contributed by atoms with van der Waals surface area (Å²) in [6.07, 6.45) is 14.2. The van der Waals surface area contributed by atoms with Crippen LogP contribution in [0.25, 0.3) is 0 Å². The van der Waals surface area contributed by atoms with Crippen molar-refractivity contribution in [2.24, 2.45) is 5.92 Å². The van der Waals surface area contributed by atoms with Crippen molar-refractivity contribution in [1.82, 2.24) is 24.7 Å². The molecular formula is C27H41N5O2. The average Bonchev–Trinajstić information content (AvgIpc) is 3.56. The number of benzene rings is 1. The van der Waals surface area contributed by atoms with Crippen molar-refractivity contribution in [3.05, 3.63) is 48.5 Å². The molecule has 1 aliphatic carbocycles. The van der Waals surface area contributed by atoms with Gasteiger partial charge < -0.3 is 24.4 Å². The topological polar surface area (TPSA) is 62.6 Å². The van der Waals surface area contributed by atoms with Crippen LogP contribution in [-0.4, -0.2) is 64.2 Å². The Hall–Kier alpha value is -2.54. The molecule has 1 N–H and O–H groups in total. The lowest BCUT2D eigenvalue weighted by molar-refractivity contribution is 0.158. The Kier molecular flexibility index (Phi) is 9.25. The lowest BCUT2D eigenvalue weighted by Crippen LogP contribution is -2.49. The van der Waals surface area contributed by atoms with E-state index >= 15 is 0 Å². The fraction of sp³-hybridized carbons (Fsp3) is 0.630. The number of likely N-dealkylation sites (tertiary alicyclic amines) is 1. The van der Waals surface area contributed by atoms with Crippen molar-refractivity contribution in [1.29, 1.82) is 0 Å². The minimum Gasteiger partial charge on any atom is -0.494 e. The molecule has 0 radical (unpaired) electrons. The normalized spacial score (nSPS) is 17.7. The molecule has 4 rings (SSSR count). The Labute approximate surface area is 204 Å². The number of carbonyl (C=O) groups excluding carboxylic acids is 1.